The molecule has 0 spiro atoms. The second-order valence-corrected chi connectivity index (χ2v) is 3.06. The smallest absolute Gasteiger partial charge is 0.308 e. The molecular formula is C9H19NO2. The molecule has 0 fully saturated rings. The number of carbonyl (C=O) groups is 1. The Bertz CT molecular complexity index is 126. The highest BCUT2D eigenvalue weighted by molar-refractivity contribution is 5.71. The van der Waals surface area contributed by atoms with Gasteiger partial charge in [0, 0.05) is 0 Å². The molecule has 3 heteroatoms. The summed E-state index contributed by atoms with van der Waals surface area (Å²) in [5, 5.41) is 0. The van der Waals surface area contributed by atoms with Gasteiger partial charge in [0.25, 0.3) is 0 Å². The maximum absolute atomic E-state index is 10.9. The zero-order valence-corrected chi connectivity index (χ0v) is 8.01. The van der Waals surface area contributed by atoms with E-state index in [0.717, 1.165) is 32.2 Å². The largest absolute Gasteiger partial charge is 0.469 e. The van der Waals surface area contributed by atoms with E-state index in [4.69, 9.17) is 5.73 Å². The van der Waals surface area contributed by atoms with Crippen LogP contribution in [-0.2, 0) is 9.53 Å². The normalized spacial score (nSPS) is 12.6. The van der Waals surface area contributed by atoms with Gasteiger partial charge >= 0.3 is 5.97 Å². The average Bonchev–Trinajstić information content (AvgIpc) is 2.10. The SMILES string of the molecule is COC(=O)C(C)CCCCCN. The quantitative estimate of drug-likeness (QED) is 0.487. The lowest BCUT2D eigenvalue weighted by Crippen LogP contribution is -2.12. The third kappa shape index (κ3) is 5.13. The van der Waals surface area contributed by atoms with Crippen molar-refractivity contribution >= 4 is 5.97 Å². The topological polar surface area (TPSA) is 52.3 Å². The Morgan fingerprint density at radius 1 is 1.42 bits per heavy atom. The van der Waals surface area contributed by atoms with Crippen LogP contribution in [0.2, 0.25) is 0 Å². The van der Waals surface area contributed by atoms with Crippen molar-refractivity contribution in [1.29, 1.82) is 0 Å². The highest BCUT2D eigenvalue weighted by Crippen LogP contribution is 2.09. The minimum atomic E-state index is -0.109. The molecule has 0 bridgehead atoms. The second-order valence-electron chi connectivity index (χ2n) is 3.06. The van der Waals surface area contributed by atoms with Crippen molar-refractivity contribution in [2.75, 3.05) is 13.7 Å². The lowest BCUT2D eigenvalue weighted by molar-refractivity contribution is -0.145. The van der Waals surface area contributed by atoms with E-state index >= 15 is 0 Å². The van der Waals surface area contributed by atoms with Gasteiger partial charge in [-0.15, -0.1) is 0 Å². The molecule has 0 aliphatic carbocycles. The number of esters is 1. The van der Waals surface area contributed by atoms with Gasteiger partial charge in [0.15, 0.2) is 0 Å². The van der Waals surface area contributed by atoms with Crippen LogP contribution < -0.4 is 5.73 Å². The van der Waals surface area contributed by atoms with Crippen molar-refractivity contribution in [3.05, 3.63) is 0 Å². The van der Waals surface area contributed by atoms with Gasteiger partial charge < -0.3 is 10.5 Å². The summed E-state index contributed by atoms with van der Waals surface area (Å²) in [5.41, 5.74) is 5.34. The molecule has 0 rings (SSSR count). The third-order valence-electron chi connectivity index (χ3n) is 1.94. The Hall–Kier alpha value is -0.570. The molecule has 0 radical (unpaired) electrons. The van der Waals surface area contributed by atoms with Crippen LogP contribution in [0.15, 0.2) is 0 Å². The molecule has 0 saturated carbocycles. The van der Waals surface area contributed by atoms with E-state index in [0.29, 0.717) is 0 Å². The Morgan fingerprint density at radius 2 is 2.08 bits per heavy atom. The van der Waals surface area contributed by atoms with Gasteiger partial charge in [-0.1, -0.05) is 19.8 Å². The first kappa shape index (κ1) is 11.4. The van der Waals surface area contributed by atoms with Crippen molar-refractivity contribution in [2.24, 2.45) is 11.7 Å². The van der Waals surface area contributed by atoms with E-state index in [2.05, 4.69) is 4.74 Å². The number of rotatable bonds is 6. The molecule has 0 saturated heterocycles. The van der Waals surface area contributed by atoms with Crippen LogP contribution in [0.3, 0.4) is 0 Å². The third-order valence-corrected chi connectivity index (χ3v) is 1.94. The van der Waals surface area contributed by atoms with Crippen LogP contribution in [0, 0.1) is 5.92 Å². The van der Waals surface area contributed by atoms with E-state index in [9.17, 15) is 4.79 Å². The molecule has 0 aromatic rings. The fourth-order valence-electron chi connectivity index (χ4n) is 1.09. The first-order valence-corrected chi connectivity index (χ1v) is 4.50. The number of carbonyl (C=O) groups excluding carboxylic acids is 1. The molecule has 0 amide bonds. The zero-order valence-electron chi connectivity index (χ0n) is 8.01. The number of nitrogens with two attached hydrogens (primary N) is 1. The molecule has 2 N–H and O–H groups in total. The predicted molar refractivity (Wildman–Crippen MR) is 48.7 cm³/mol. The van der Waals surface area contributed by atoms with Crippen molar-refractivity contribution in [3.8, 4) is 0 Å². The maximum atomic E-state index is 10.9. The number of methoxy groups -OCH3 is 1. The Morgan fingerprint density at radius 3 is 2.58 bits per heavy atom. The molecule has 0 aromatic carbocycles. The van der Waals surface area contributed by atoms with Gasteiger partial charge in [0.05, 0.1) is 13.0 Å². The zero-order chi connectivity index (χ0) is 9.40. The lowest BCUT2D eigenvalue weighted by atomic mass is 10.0. The Labute approximate surface area is 74.3 Å². The fraction of sp³-hybridized carbons (Fsp3) is 0.889. The predicted octanol–water partition coefficient (Wildman–Crippen LogP) is 1.31. The van der Waals surface area contributed by atoms with E-state index < -0.39 is 0 Å². The standard InChI is InChI=1S/C9H19NO2/c1-8(9(11)12-2)6-4-3-5-7-10/h8H,3-7,10H2,1-2H3. The molecule has 0 aliphatic heterocycles. The minimum Gasteiger partial charge on any atom is -0.469 e. The second kappa shape index (κ2) is 7.10. The van der Waals surface area contributed by atoms with Crippen LogP contribution in [-0.4, -0.2) is 19.6 Å². The summed E-state index contributed by atoms with van der Waals surface area (Å²) in [4.78, 5) is 10.9. The van der Waals surface area contributed by atoms with Gasteiger partial charge in [-0.2, -0.15) is 0 Å². The van der Waals surface area contributed by atoms with Gasteiger partial charge in [-0.25, -0.2) is 0 Å². The molecule has 1 unspecified atom stereocenters. The maximum Gasteiger partial charge on any atom is 0.308 e. The number of unbranched alkanes of at least 4 members (excludes halogenated alkanes) is 2. The van der Waals surface area contributed by atoms with Gasteiger partial charge in [0.1, 0.15) is 0 Å². The van der Waals surface area contributed by atoms with Gasteiger partial charge in [-0.3, -0.25) is 4.79 Å². The van der Waals surface area contributed by atoms with Crippen molar-refractivity contribution in [1.82, 2.24) is 0 Å². The van der Waals surface area contributed by atoms with E-state index in [1.807, 2.05) is 6.92 Å². The molecular weight excluding hydrogens is 154 g/mol. The molecule has 72 valence electrons. The highest BCUT2D eigenvalue weighted by atomic mass is 16.5. The van der Waals surface area contributed by atoms with Gasteiger partial charge in [-0.05, 0) is 19.4 Å². The lowest BCUT2D eigenvalue weighted by Gasteiger charge is -2.07. The van der Waals surface area contributed by atoms with Gasteiger partial charge in [0.2, 0.25) is 0 Å². The molecule has 1 atom stereocenters. The van der Waals surface area contributed by atoms with Crippen LogP contribution in [0.25, 0.3) is 0 Å². The minimum absolute atomic E-state index is 0.0350. The summed E-state index contributed by atoms with van der Waals surface area (Å²) in [6, 6.07) is 0. The van der Waals surface area contributed by atoms with Crippen molar-refractivity contribution in [3.63, 3.8) is 0 Å². The Kier molecular flexibility index (Phi) is 6.76. The van der Waals surface area contributed by atoms with Crippen molar-refractivity contribution < 1.29 is 9.53 Å². The molecule has 3 nitrogen and oxygen atoms in total. The first-order valence-electron chi connectivity index (χ1n) is 4.50. The average molecular weight is 173 g/mol. The Balaban J connectivity index is 3.31. The van der Waals surface area contributed by atoms with E-state index in [-0.39, 0.29) is 11.9 Å². The summed E-state index contributed by atoms with van der Waals surface area (Å²) >= 11 is 0. The fourth-order valence-corrected chi connectivity index (χ4v) is 1.09. The van der Waals surface area contributed by atoms with E-state index in [1.54, 1.807) is 0 Å². The van der Waals surface area contributed by atoms with E-state index in [1.165, 1.54) is 7.11 Å². The first-order chi connectivity index (χ1) is 5.72. The molecule has 0 aromatic heterocycles. The summed E-state index contributed by atoms with van der Waals surface area (Å²) in [5.74, 6) is -0.0736. The summed E-state index contributed by atoms with van der Waals surface area (Å²) in [6.07, 6.45) is 4.13. The number of ether oxygens (including phenoxy) is 1. The molecule has 0 aliphatic rings. The summed E-state index contributed by atoms with van der Waals surface area (Å²) < 4.78 is 4.61. The monoisotopic (exact) mass is 173 g/mol. The van der Waals surface area contributed by atoms with Crippen LogP contribution in [0.1, 0.15) is 32.6 Å². The molecule has 12 heavy (non-hydrogen) atoms. The summed E-state index contributed by atoms with van der Waals surface area (Å²) in [6.45, 7) is 2.64. The molecule has 0 heterocycles. The number of hydrogen-bond donors (Lipinski definition) is 1. The highest BCUT2D eigenvalue weighted by Gasteiger charge is 2.11. The van der Waals surface area contributed by atoms with Crippen LogP contribution in [0.5, 0.6) is 0 Å². The van der Waals surface area contributed by atoms with Crippen LogP contribution in [0.4, 0.5) is 0 Å². The number of hydrogen-bond acceptors (Lipinski definition) is 3. The van der Waals surface area contributed by atoms with Crippen molar-refractivity contribution in [2.45, 2.75) is 32.6 Å². The summed E-state index contributed by atoms with van der Waals surface area (Å²) in [7, 11) is 1.43. The van der Waals surface area contributed by atoms with Crippen LogP contribution >= 0.6 is 0 Å².